The fraction of sp³-hybridized carbons (Fsp3) is 0.182. The maximum Gasteiger partial charge on any atom is 0.248 e. The van der Waals surface area contributed by atoms with Crippen LogP contribution in [0.5, 0.6) is 0 Å². The number of rotatable bonds is 4. The number of nitrogens with two attached hydrogens (primary N) is 2. The normalized spacial score (nSPS) is 12.1. The van der Waals surface area contributed by atoms with E-state index in [1.807, 2.05) is 6.92 Å². The lowest BCUT2D eigenvalue weighted by Gasteiger charge is -2.15. The summed E-state index contributed by atoms with van der Waals surface area (Å²) in [5, 5.41) is 9.67. The van der Waals surface area contributed by atoms with Gasteiger partial charge in [-0.05, 0) is 25.1 Å². The molecule has 0 spiro atoms. The van der Waals surface area contributed by atoms with E-state index in [1.165, 1.54) is 6.33 Å². The molecule has 1 unspecified atom stereocenters. The van der Waals surface area contributed by atoms with Crippen LogP contribution in [-0.4, -0.2) is 21.1 Å². The van der Waals surface area contributed by atoms with Gasteiger partial charge in [-0.3, -0.25) is 9.89 Å². The highest BCUT2D eigenvalue weighted by Gasteiger charge is 2.11. The molecule has 0 aliphatic carbocycles. The number of benzene rings is 1. The zero-order valence-corrected chi connectivity index (χ0v) is 9.84. The van der Waals surface area contributed by atoms with Gasteiger partial charge in [0.15, 0.2) is 0 Å². The minimum atomic E-state index is -0.495. The van der Waals surface area contributed by atoms with E-state index < -0.39 is 5.91 Å². The van der Waals surface area contributed by atoms with E-state index in [4.69, 9.17) is 11.5 Å². The van der Waals surface area contributed by atoms with E-state index in [0.29, 0.717) is 22.8 Å². The van der Waals surface area contributed by atoms with Crippen LogP contribution in [0.15, 0.2) is 24.5 Å². The second kappa shape index (κ2) is 4.74. The number of hydrogen-bond acceptors (Lipinski definition) is 5. The van der Waals surface area contributed by atoms with Crippen molar-refractivity contribution < 1.29 is 4.79 Å². The van der Waals surface area contributed by atoms with Crippen molar-refractivity contribution >= 4 is 17.3 Å². The van der Waals surface area contributed by atoms with Gasteiger partial charge < -0.3 is 16.8 Å². The van der Waals surface area contributed by atoms with Gasteiger partial charge in [-0.1, -0.05) is 0 Å². The van der Waals surface area contributed by atoms with Gasteiger partial charge in [0.25, 0.3) is 0 Å². The number of nitrogens with one attached hydrogen (secondary N) is 2. The minimum absolute atomic E-state index is 0.113. The predicted molar refractivity (Wildman–Crippen MR) is 67.8 cm³/mol. The Balaban J connectivity index is 2.23. The van der Waals surface area contributed by atoms with Gasteiger partial charge in [-0.15, -0.1) is 0 Å². The summed E-state index contributed by atoms with van der Waals surface area (Å²) in [5.41, 5.74) is 12.6. The third-order valence-corrected chi connectivity index (χ3v) is 2.55. The molecule has 7 heteroatoms. The standard InChI is InChI=1S/C11H14N6O/c1-6(11-14-5-15-17-11)16-9-4-7(10(13)18)2-3-8(9)12/h2-6,16H,12H2,1H3,(H2,13,18)(H,14,15,17). The van der Waals surface area contributed by atoms with Gasteiger partial charge in [0.2, 0.25) is 5.91 Å². The van der Waals surface area contributed by atoms with Crippen LogP contribution in [-0.2, 0) is 0 Å². The Morgan fingerprint density at radius 1 is 1.50 bits per heavy atom. The SMILES string of the molecule is CC(Nc1cc(C(N)=O)ccc1N)c1ncn[nH]1. The van der Waals surface area contributed by atoms with Crippen molar-refractivity contribution in [1.82, 2.24) is 15.2 Å². The highest BCUT2D eigenvalue weighted by Crippen LogP contribution is 2.23. The average molecular weight is 246 g/mol. The number of amides is 1. The quantitative estimate of drug-likeness (QED) is 0.590. The van der Waals surface area contributed by atoms with Crippen LogP contribution in [0.4, 0.5) is 11.4 Å². The molecule has 1 aromatic carbocycles. The molecule has 94 valence electrons. The summed E-state index contributed by atoms with van der Waals surface area (Å²) in [6.45, 7) is 1.90. The number of carbonyl (C=O) groups excluding carboxylic acids is 1. The van der Waals surface area contributed by atoms with E-state index in [1.54, 1.807) is 18.2 Å². The van der Waals surface area contributed by atoms with Crippen LogP contribution < -0.4 is 16.8 Å². The first-order valence-corrected chi connectivity index (χ1v) is 5.39. The molecule has 7 nitrogen and oxygen atoms in total. The van der Waals surface area contributed by atoms with E-state index in [2.05, 4.69) is 20.5 Å². The molecule has 0 radical (unpaired) electrons. The van der Waals surface area contributed by atoms with Gasteiger partial charge in [-0.25, -0.2) is 4.98 Å². The Morgan fingerprint density at radius 2 is 2.28 bits per heavy atom. The van der Waals surface area contributed by atoms with Crippen LogP contribution in [0.25, 0.3) is 0 Å². The molecular weight excluding hydrogens is 232 g/mol. The van der Waals surface area contributed by atoms with Crippen molar-refractivity contribution in [2.75, 3.05) is 11.1 Å². The monoisotopic (exact) mass is 246 g/mol. The van der Waals surface area contributed by atoms with Crippen LogP contribution in [0, 0.1) is 0 Å². The van der Waals surface area contributed by atoms with Crippen molar-refractivity contribution in [3.8, 4) is 0 Å². The number of hydrogen-bond donors (Lipinski definition) is 4. The summed E-state index contributed by atoms with van der Waals surface area (Å²) in [6.07, 6.45) is 1.43. The van der Waals surface area contributed by atoms with Crippen LogP contribution in [0.3, 0.4) is 0 Å². The lowest BCUT2D eigenvalue weighted by atomic mass is 10.1. The smallest absolute Gasteiger partial charge is 0.248 e. The van der Waals surface area contributed by atoms with Crippen molar-refractivity contribution in [1.29, 1.82) is 0 Å². The summed E-state index contributed by atoms with van der Waals surface area (Å²) in [5.74, 6) is 0.184. The zero-order chi connectivity index (χ0) is 13.1. The maximum absolute atomic E-state index is 11.1. The molecule has 0 saturated carbocycles. The summed E-state index contributed by atoms with van der Waals surface area (Å²) < 4.78 is 0. The van der Waals surface area contributed by atoms with Crippen molar-refractivity contribution in [2.45, 2.75) is 13.0 Å². The van der Waals surface area contributed by atoms with E-state index in [9.17, 15) is 4.79 Å². The van der Waals surface area contributed by atoms with E-state index in [-0.39, 0.29) is 6.04 Å². The molecular formula is C11H14N6O. The molecule has 2 aromatic rings. The molecule has 0 aliphatic heterocycles. The van der Waals surface area contributed by atoms with Gasteiger partial charge in [-0.2, -0.15) is 5.10 Å². The highest BCUT2D eigenvalue weighted by atomic mass is 16.1. The number of H-pyrrole nitrogens is 1. The van der Waals surface area contributed by atoms with Crippen molar-refractivity contribution in [2.24, 2.45) is 5.73 Å². The first-order chi connectivity index (χ1) is 8.58. The highest BCUT2D eigenvalue weighted by molar-refractivity contribution is 5.94. The zero-order valence-electron chi connectivity index (χ0n) is 9.84. The number of anilines is 2. The fourth-order valence-corrected chi connectivity index (χ4v) is 1.56. The number of aromatic amines is 1. The number of primary amides is 1. The Hall–Kier alpha value is -2.57. The van der Waals surface area contributed by atoms with Gasteiger partial charge in [0.1, 0.15) is 12.2 Å². The molecule has 0 aliphatic rings. The molecule has 0 fully saturated rings. The van der Waals surface area contributed by atoms with Gasteiger partial charge >= 0.3 is 0 Å². The third kappa shape index (κ3) is 2.40. The number of carbonyl (C=O) groups is 1. The van der Waals surface area contributed by atoms with Crippen LogP contribution in [0.1, 0.15) is 29.1 Å². The number of nitrogen functional groups attached to an aromatic ring is 1. The molecule has 0 bridgehead atoms. The van der Waals surface area contributed by atoms with Crippen LogP contribution in [0.2, 0.25) is 0 Å². The third-order valence-electron chi connectivity index (χ3n) is 2.55. The molecule has 1 aromatic heterocycles. The molecule has 1 heterocycles. The molecule has 2 rings (SSSR count). The van der Waals surface area contributed by atoms with Crippen molar-refractivity contribution in [3.05, 3.63) is 35.9 Å². The average Bonchev–Trinajstić information content (AvgIpc) is 2.85. The Bertz CT molecular complexity index is 551. The molecule has 18 heavy (non-hydrogen) atoms. The molecule has 0 saturated heterocycles. The lowest BCUT2D eigenvalue weighted by Crippen LogP contribution is -2.14. The predicted octanol–water partition coefficient (Wildman–Crippen LogP) is 0.659. The summed E-state index contributed by atoms with van der Waals surface area (Å²) in [7, 11) is 0. The lowest BCUT2D eigenvalue weighted by molar-refractivity contribution is 0.100. The van der Waals surface area contributed by atoms with Gasteiger partial charge in [0.05, 0.1) is 17.4 Å². The Morgan fingerprint density at radius 3 is 2.89 bits per heavy atom. The molecule has 6 N–H and O–H groups in total. The van der Waals surface area contributed by atoms with E-state index >= 15 is 0 Å². The maximum atomic E-state index is 11.1. The number of aromatic nitrogens is 3. The topological polar surface area (TPSA) is 123 Å². The van der Waals surface area contributed by atoms with Crippen molar-refractivity contribution in [3.63, 3.8) is 0 Å². The molecule has 1 amide bonds. The largest absolute Gasteiger partial charge is 0.397 e. The first-order valence-electron chi connectivity index (χ1n) is 5.39. The second-order valence-electron chi connectivity index (χ2n) is 3.90. The van der Waals surface area contributed by atoms with Crippen LogP contribution >= 0.6 is 0 Å². The summed E-state index contributed by atoms with van der Waals surface area (Å²) in [6, 6.07) is 4.72. The second-order valence-corrected chi connectivity index (χ2v) is 3.90. The van der Waals surface area contributed by atoms with E-state index in [0.717, 1.165) is 0 Å². The number of nitrogens with zero attached hydrogens (tertiary/aromatic N) is 2. The first kappa shape index (κ1) is 11.9. The van der Waals surface area contributed by atoms with Gasteiger partial charge in [0, 0.05) is 5.56 Å². The minimum Gasteiger partial charge on any atom is -0.397 e. The fourth-order valence-electron chi connectivity index (χ4n) is 1.56. The molecule has 1 atom stereocenters. The summed E-state index contributed by atoms with van der Waals surface area (Å²) in [4.78, 5) is 15.1. The Labute approximate surface area is 104 Å². The Kier molecular flexibility index (Phi) is 3.13. The summed E-state index contributed by atoms with van der Waals surface area (Å²) >= 11 is 0.